The molecular weight excluding hydrogens is 609 g/mol. The molecule has 0 unspecified atom stereocenters. The number of nitrogens with one attached hydrogen (secondary N) is 1. The first-order valence-corrected chi connectivity index (χ1v) is 15.9. The number of rotatable bonds is 10. The lowest BCUT2D eigenvalue weighted by Crippen LogP contribution is -2.48. The summed E-state index contributed by atoms with van der Waals surface area (Å²) in [6.07, 6.45) is 1.83. The molecule has 3 aromatic carbocycles. The summed E-state index contributed by atoms with van der Waals surface area (Å²) < 4.78 is 28.2. The van der Waals surface area contributed by atoms with Gasteiger partial charge in [-0.25, -0.2) is 4.98 Å². The Kier molecular flexibility index (Phi) is 9.72. The minimum atomic E-state index is -4.21. The first-order valence-electron chi connectivity index (χ1n) is 13.7. The van der Waals surface area contributed by atoms with E-state index in [1.807, 2.05) is 12.3 Å². The summed E-state index contributed by atoms with van der Waals surface area (Å²) in [6.45, 7) is 6.73. The van der Waals surface area contributed by atoms with Crippen molar-refractivity contribution in [1.29, 1.82) is 0 Å². The van der Waals surface area contributed by atoms with Crippen molar-refractivity contribution in [2.24, 2.45) is 0 Å². The molecule has 1 aliphatic rings. The number of halogens is 2. The van der Waals surface area contributed by atoms with Crippen molar-refractivity contribution >= 4 is 50.6 Å². The van der Waals surface area contributed by atoms with E-state index in [1.54, 1.807) is 36.4 Å². The van der Waals surface area contributed by atoms with Crippen molar-refractivity contribution < 1.29 is 18.0 Å². The number of aromatic nitrogens is 1. The monoisotopic (exact) mass is 639 g/mol. The van der Waals surface area contributed by atoms with E-state index in [4.69, 9.17) is 28.0 Å². The van der Waals surface area contributed by atoms with Crippen LogP contribution in [0.25, 0.3) is 0 Å². The third kappa shape index (κ3) is 7.58. The summed E-state index contributed by atoms with van der Waals surface area (Å²) in [6, 6.07) is 22.7. The third-order valence-electron chi connectivity index (χ3n) is 6.99. The van der Waals surface area contributed by atoms with Crippen molar-refractivity contribution in [1.82, 2.24) is 15.2 Å². The van der Waals surface area contributed by atoms with Gasteiger partial charge in [-0.2, -0.15) is 8.42 Å². The van der Waals surface area contributed by atoms with E-state index in [0.29, 0.717) is 23.7 Å². The lowest BCUT2D eigenvalue weighted by Gasteiger charge is -2.35. The highest BCUT2D eigenvalue weighted by atomic mass is 35.5. The Bertz CT molecular complexity index is 1670. The Hall–Kier alpha value is -3.83. The SMILES string of the molecule is Cc1ccnc(N2CCN(CCNC(=O)c3ccc(S(=O)(=O)N(Oc4ccc(Cl)cc4Cl)c4ccccc4)cc3)CC2)c1. The maximum absolute atomic E-state index is 13.7. The van der Waals surface area contributed by atoms with Crippen LogP contribution in [0.15, 0.2) is 96.0 Å². The van der Waals surface area contributed by atoms with E-state index in [2.05, 4.69) is 33.1 Å². The largest absolute Gasteiger partial charge is 0.363 e. The molecule has 5 rings (SSSR count). The summed E-state index contributed by atoms with van der Waals surface area (Å²) >= 11 is 12.2. The standard InChI is InChI=1S/C31H31Cl2N5O4S/c1-23-13-14-34-30(21-23)37-19-17-36(18-20-37)16-15-35-31(39)24-7-10-27(11-8-24)43(40,41)38(26-5-3-2-4-6-26)42-29-12-9-25(32)22-28(29)33/h2-14,21-22H,15-20H2,1H3,(H,35,39). The average Bonchev–Trinajstić information content (AvgIpc) is 3.01. The van der Waals surface area contributed by atoms with Crippen molar-refractivity contribution in [2.75, 3.05) is 48.6 Å². The van der Waals surface area contributed by atoms with Crippen LogP contribution in [0.2, 0.25) is 10.0 Å². The number of para-hydroxylation sites is 1. The van der Waals surface area contributed by atoms with Gasteiger partial charge in [-0.15, -0.1) is 0 Å². The zero-order valence-electron chi connectivity index (χ0n) is 23.5. The Balaban J connectivity index is 1.19. The molecule has 1 saturated heterocycles. The van der Waals surface area contributed by atoms with Gasteiger partial charge in [0.25, 0.3) is 15.9 Å². The van der Waals surface area contributed by atoms with Crippen molar-refractivity contribution in [2.45, 2.75) is 11.8 Å². The van der Waals surface area contributed by atoms with Crippen LogP contribution < -0.4 is 19.5 Å². The molecule has 224 valence electrons. The van der Waals surface area contributed by atoms with Crippen molar-refractivity contribution in [3.63, 3.8) is 0 Å². The quantitative estimate of drug-likeness (QED) is 0.231. The number of aryl methyl sites for hydroxylation is 1. The fourth-order valence-electron chi connectivity index (χ4n) is 4.63. The molecule has 1 aliphatic heterocycles. The van der Waals surface area contributed by atoms with E-state index in [-0.39, 0.29) is 27.3 Å². The van der Waals surface area contributed by atoms with E-state index in [1.165, 1.54) is 42.0 Å². The molecule has 0 radical (unpaired) electrons. The number of pyridine rings is 1. The maximum Gasteiger partial charge on any atom is 0.295 e. The van der Waals surface area contributed by atoms with Crippen LogP contribution >= 0.6 is 23.2 Å². The molecule has 0 spiro atoms. The number of piperazine rings is 1. The van der Waals surface area contributed by atoms with Gasteiger partial charge < -0.3 is 15.1 Å². The van der Waals surface area contributed by atoms with Crippen LogP contribution in [0, 0.1) is 6.92 Å². The fourth-order valence-corrected chi connectivity index (χ4v) is 6.32. The van der Waals surface area contributed by atoms with Crippen LogP contribution in [-0.2, 0) is 10.0 Å². The van der Waals surface area contributed by atoms with Crippen LogP contribution in [0.4, 0.5) is 11.5 Å². The molecule has 43 heavy (non-hydrogen) atoms. The van der Waals surface area contributed by atoms with Gasteiger partial charge in [0.1, 0.15) is 5.82 Å². The number of anilines is 2. The Morgan fingerprint density at radius 3 is 2.35 bits per heavy atom. The zero-order chi connectivity index (χ0) is 30.4. The van der Waals surface area contributed by atoms with Crippen LogP contribution in [-0.4, -0.2) is 63.5 Å². The average molecular weight is 641 g/mol. The second-order valence-electron chi connectivity index (χ2n) is 10.0. The van der Waals surface area contributed by atoms with Gasteiger partial charge in [0, 0.05) is 56.1 Å². The summed E-state index contributed by atoms with van der Waals surface area (Å²) in [5.74, 6) is 0.823. The predicted octanol–water partition coefficient (Wildman–Crippen LogP) is 5.44. The Morgan fingerprint density at radius 1 is 0.953 bits per heavy atom. The zero-order valence-corrected chi connectivity index (χ0v) is 25.8. The summed E-state index contributed by atoms with van der Waals surface area (Å²) in [5, 5.41) is 3.47. The van der Waals surface area contributed by atoms with E-state index in [9.17, 15) is 13.2 Å². The van der Waals surface area contributed by atoms with E-state index in [0.717, 1.165) is 36.5 Å². The van der Waals surface area contributed by atoms with E-state index >= 15 is 0 Å². The molecule has 4 aromatic rings. The number of carbonyl (C=O) groups is 1. The highest BCUT2D eigenvalue weighted by Crippen LogP contribution is 2.32. The Labute approximate surface area is 261 Å². The maximum atomic E-state index is 13.7. The molecule has 0 atom stereocenters. The van der Waals surface area contributed by atoms with Crippen LogP contribution in [0.3, 0.4) is 0 Å². The third-order valence-corrected chi connectivity index (χ3v) is 9.11. The normalized spacial score (nSPS) is 13.9. The van der Waals surface area contributed by atoms with Crippen LogP contribution in [0.1, 0.15) is 15.9 Å². The summed E-state index contributed by atoms with van der Waals surface area (Å²) in [5.41, 5.74) is 1.80. The fraction of sp³-hybridized carbons (Fsp3) is 0.226. The molecule has 0 aliphatic carbocycles. The lowest BCUT2D eigenvalue weighted by molar-refractivity contribution is 0.0947. The van der Waals surface area contributed by atoms with Gasteiger partial charge in [0.05, 0.1) is 15.6 Å². The smallest absolute Gasteiger partial charge is 0.295 e. The minimum Gasteiger partial charge on any atom is -0.363 e. The molecule has 1 aromatic heterocycles. The molecule has 2 heterocycles. The summed E-state index contributed by atoms with van der Waals surface area (Å²) in [4.78, 5) is 27.6. The molecule has 1 N–H and O–H groups in total. The molecule has 1 fully saturated rings. The minimum absolute atomic E-state index is 0.0565. The van der Waals surface area contributed by atoms with Crippen molar-refractivity contribution in [3.8, 4) is 5.75 Å². The second kappa shape index (κ2) is 13.6. The van der Waals surface area contributed by atoms with Gasteiger partial charge >= 0.3 is 0 Å². The van der Waals surface area contributed by atoms with Gasteiger partial charge in [-0.1, -0.05) is 45.9 Å². The number of hydrogen-bond acceptors (Lipinski definition) is 7. The van der Waals surface area contributed by atoms with Crippen LogP contribution in [0.5, 0.6) is 5.75 Å². The number of sulfonamides is 1. The highest BCUT2D eigenvalue weighted by molar-refractivity contribution is 7.92. The number of amides is 1. The number of carbonyl (C=O) groups excluding carboxylic acids is 1. The first-order chi connectivity index (χ1) is 20.7. The Morgan fingerprint density at radius 2 is 1.67 bits per heavy atom. The van der Waals surface area contributed by atoms with Crippen molar-refractivity contribution in [3.05, 3.63) is 112 Å². The number of nitrogens with zero attached hydrogens (tertiary/aromatic N) is 4. The lowest BCUT2D eigenvalue weighted by atomic mass is 10.2. The van der Waals surface area contributed by atoms with Gasteiger partial charge in [-0.3, -0.25) is 9.69 Å². The molecular formula is C31H31Cl2N5O4S. The highest BCUT2D eigenvalue weighted by Gasteiger charge is 2.28. The molecule has 0 saturated carbocycles. The van der Waals surface area contributed by atoms with Gasteiger partial charge in [0.2, 0.25) is 0 Å². The van der Waals surface area contributed by atoms with Gasteiger partial charge in [-0.05, 0) is 79.2 Å². The topological polar surface area (TPSA) is 95.1 Å². The summed E-state index contributed by atoms with van der Waals surface area (Å²) in [7, 11) is -4.21. The number of hydrogen-bond donors (Lipinski definition) is 1. The molecule has 9 nitrogen and oxygen atoms in total. The van der Waals surface area contributed by atoms with E-state index < -0.39 is 10.0 Å². The van der Waals surface area contributed by atoms with Gasteiger partial charge in [0.15, 0.2) is 5.75 Å². The molecule has 1 amide bonds. The number of benzene rings is 3. The molecule has 12 heteroatoms. The first kappa shape index (κ1) is 30.6. The predicted molar refractivity (Wildman–Crippen MR) is 170 cm³/mol. The second-order valence-corrected chi connectivity index (χ2v) is 12.6. The molecule has 0 bridgehead atoms.